The van der Waals surface area contributed by atoms with Crippen LogP contribution in [-0.4, -0.2) is 25.1 Å². The molecule has 0 bridgehead atoms. The molecule has 0 fully saturated rings. The third-order valence-electron chi connectivity index (χ3n) is 4.85. The van der Waals surface area contributed by atoms with E-state index in [9.17, 15) is 4.79 Å². The number of pyridine rings is 1. The molecular weight excluding hydrogens is 394 g/mol. The summed E-state index contributed by atoms with van der Waals surface area (Å²) in [5, 5.41) is 7.44. The van der Waals surface area contributed by atoms with E-state index in [1.807, 2.05) is 76.3 Å². The highest BCUT2D eigenvalue weighted by Crippen LogP contribution is 2.28. The van der Waals surface area contributed by atoms with Crippen LogP contribution < -0.4 is 5.32 Å². The first-order valence-corrected chi connectivity index (χ1v) is 10.4. The number of hydrogen-bond acceptors (Lipinski definition) is 4. The standard InChI is InChI=1S/C23H19N5OS/c29-23(25-13-18-8-10-27-11-9-24-22(27)12-18)21-7-6-20(30-21)19-14-26-28(16-19)15-17-4-2-1-3-5-17/h1-12,14,16H,13,15H2,(H,25,29). The van der Waals surface area contributed by atoms with Crippen LogP contribution in [0.1, 0.15) is 20.8 Å². The molecule has 1 amide bonds. The predicted octanol–water partition coefficient (Wildman–Crippen LogP) is 4.24. The Kier molecular flexibility index (Phi) is 4.86. The molecule has 0 saturated carbocycles. The smallest absolute Gasteiger partial charge is 0.261 e. The Bertz CT molecular complexity index is 1300. The fraction of sp³-hybridized carbons (Fsp3) is 0.0870. The summed E-state index contributed by atoms with van der Waals surface area (Å²) in [7, 11) is 0. The summed E-state index contributed by atoms with van der Waals surface area (Å²) >= 11 is 1.47. The zero-order valence-corrected chi connectivity index (χ0v) is 16.9. The third kappa shape index (κ3) is 3.88. The molecule has 5 aromatic rings. The van der Waals surface area contributed by atoms with Crippen LogP contribution in [0.2, 0.25) is 0 Å². The van der Waals surface area contributed by atoms with E-state index in [1.54, 1.807) is 6.20 Å². The van der Waals surface area contributed by atoms with Gasteiger partial charge < -0.3 is 9.72 Å². The maximum absolute atomic E-state index is 12.6. The van der Waals surface area contributed by atoms with Gasteiger partial charge in [0.25, 0.3) is 5.91 Å². The molecule has 0 aliphatic rings. The molecule has 0 aliphatic heterocycles. The third-order valence-corrected chi connectivity index (χ3v) is 5.98. The molecule has 7 heteroatoms. The number of imidazole rings is 1. The lowest BCUT2D eigenvalue weighted by molar-refractivity contribution is 0.0955. The fourth-order valence-corrected chi connectivity index (χ4v) is 4.19. The lowest BCUT2D eigenvalue weighted by Crippen LogP contribution is -2.21. The number of nitrogens with one attached hydrogen (secondary N) is 1. The van der Waals surface area contributed by atoms with Gasteiger partial charge in [-0.3, -0.25) is 9.48 Å². The molecule has 0 aliphatic carbocycles. The van der Waals surface area contributed by atoms with Crippen molar-refractivity contribution in [2.75, 3.05) is 0 Å². The second-order valence-electron chi connectivity index (χ2n) is 6.99. The van der Waals surface area contributed by atoms with Gasteiger partial charge in [-0.05, 0) is 35.4 Å². The SMILES string of the molecule is O=C(NCc1ccn2ccnc2c1)c1ccc(-c2cnn(Cc3ccccc3)c2)s1. The van der Waals surface area contributed by atoms with Gasteiger partial charge in [-0.2, -0.15) is 5.10 Å². The summed E-state index contributed by atoms with van der Waals surface area (Å²) in [5.74, 6) is -0.0776. The van der Waals surface area contributed by atoms with Crippen LogP contribution in [0.3, 0.4) is 0 Å². The van der Waals surface area contributed by atoms with Crippen LogP contribution in [0.15, 0.2) is 85.6 Å². The largest absolute Gasteiger partial charge is 0.347 e. The number of amides is 1. The number of fused-ring (bicyclic) bond motifs is 1. The van der Waals surface area contributed by atoms with Crippen molar-refractivity contribution < 1.29 is 4.79 Å². The van der Waals surface area contributed by atoms with Gasteiger partial charge >= 0.3 is 0 Å². The van der Waals surface area contributed by atoms with Crippen molar-refractivity contribution in [1.82, 2.24) is 24.5 Å². The molecule has 0 saturated heterocycles. The summed E-state index contributed by atoms with van der Waals surface area (Å²) in [6.07, 6.45) is 9.45. The van der Waals surface area contributed by atoms with Crippen LogP contribution in [0.25, 0.3) is 16.1 Å². The molecule has 0 unspecified atom stereocenters. The molecule has 0 radical (unpaired) electrons. The molecule has 148 valence electrons. The summed E-state index contributed by atoms with van der Waals surface area (Å²) in [6.45, 7) is 1.19. The maximum atomic E-state index is 12.6. The molecule has 6 nitrogen and oxygen atoms in total. The van der Waals surface area contributed by atoms with E-state index in [4.69, 9.17) is 0 Å². The van der Waals surface area contributed by atoms with Crippen LogP contribution in [0, 0.1) is 0 Å². The first-order valence-electron chi connectivity index (χ1n) is 9.61. The molecule has 0 spiro atoms. The molecular formula is C23H19N5OS. The van der Waals surface area contributed by atoms with E-state index in [1.165, 1.54) is 16.9 Å². The second kappa shape index (κ2) is 7.96. The topological polar surface area (TPSA) is 64.2 Å². The van der Waals surface area contributed by atoms with Crippen LogP contribution in [0.5, 0.6) is 0 Å². The zero-order valence-electron chi connectivity index (χ0n) is 16.1. The number of hydrogen-bond donors (Lipinski definition) is 1. The number of benzene rings is 1. The van der Waals surface area contributed by atoms with Crippen LogP contribution in [0.4, 0.5) is 0 Å². The average Bonchev–Trinajstić information content (AvgIpc) is 3.52. The van der Waals surface area contributed by atoms with Gasteiger partial charge in [-0.25, -0.2) is 4.98 Å². The lowest BCUT2D eigenvalue weighted by atomic mass is 10.2. The molecule has 4 heterocycles. The highest BCUT2D eigenvalue weighted by atomic mass is 32.1. The lowest BCUT2D eigenvalue weighted by Gasteiger charge is -2.04. The Balaban J connectivity index is 1.24. The minimum Gasteiger partial charge on any atom is -0.347 e. The van der Waals surface area contributed by atoms with E-state index in [2.05, 4.69) is 27.5 Å². The first kappa shape index (κ1) is 18.3. The van der Waals surface area contributed by atoms with Gasteiger partial charge in [0.05, 0.1) is 17.6 Å². The Morgan fingerprint density at radius 3 is 2.83 bits per heavy atom. The van der Waals surface area contributed by atoms with Gasteiger partial charge in [0, 0.05) is 41.8 Å². The molecule has 30 heavy (non-hydrogen) atoms. The van der Waals surface area contributed by atoms with Gasteiger partial charge in [-0.15, -0.1) is 11.3 Å². The number of aromatic nitrogens is 4. The van der Waals surface area contributed by atoms with Crippen molar-refractivity contribution in [2.24, 2.45) is 0 Å². The Hall–Kier alpha value is -3.71. The van der Waals surface area contributed by atoms with Crippen molar-refractivity contribution >= 4 is 22.9 Å². The van der Waals surface area contributed by atoms with Gasteiger partial charge in [0.2, 0.25) is 0 Å². The van der Waals surface area contributed by atoms with Gasteiger partial charge in [0.15, 0.2) is 0 Å². The first-order chi connectivity index (χ1) is 14.7. The summed E-state index contributed by atoms with van der Waals surface area (Å²) in [6, 6.07) is 18.0. The summed E-state index contributed by atoms with van der Waals surface area (Å²) < 4.78 is 3.85. The van der Waals surface area contributed by atoms with Crippen molar-refractivity contribution in [1.29, 1.82) is 0 Å². The number of carbonyl (C=O) groups excluding carboxylic acids is 1. The molecule has 1 aromatic carbocycles. The predicted molar refractivity (Wildman–Crippen MR) is 117 cm³/mol. The molecule has 4 aromatic heterocycles. The quantitative estimate of drug-likeness (QED) is 0.453. The van der Waals surface area contributed by atoms with Gasteiger partial charge in [0.1, 0.15) is 5.65 Å². The van der Waals surface area contributed by atoms with Crippen molar-refractivity contribution in [3.05, 3.63) is 102 Å². The minimum atomic E-state index is -0.0776. The Labute approximate surface area is 177 Å². The summed E-state index contributed by atoms with van der Waals surface area (Å²) in [5.41, 5.74) is 4.10. The second-order valence-corrected chi connectivity index (χ2v) is 8.07. The van der Waals surface area contributed by atoms with E-state index in [-0.39, 0.29) is 5.91 Å². The van der Waals surface area contributed by atoms with Gasteiger partial charge in [-0.1, -0.05) is 30.3 Å². The van der Waals surface area contributed by atoms with Crippen molar-refractivity contribution in [3.63, 3.8) is 0 Å². The van der Waals surface area contributed by atoms with E-state index >= 15 is 0 Å². The zero-order chi connectivity index (χ0) is 20.3. The van der Waals surface area contributed by atoms with Crippen LogP contribution >= 0.6 is 11.3 Å². The Morgan fingerprint density at radius 1 is 1.03 bits per heavy atom. The molecule has 1 N–H and O–H groups in total. The van der Waals surface area contributed by atoms with Crippen molar-refractivity contribution in [3.8, 4) is 10.4 Å². The van der Waals surface area contributed by atoms with Crippen LogP contribution in [-0.2, 0) is 13.1 Å². The number of thiophene rings is 1. The minimum absolute atomic E-state index is 0.0776. The fourth-order valence-electron chi connectivity index (χ4n) is 3.29. The number of rotatable bonds is 6. The highest BCUT2D eigenvalue weighted by Gasteiger charge is 2.12. The monoisotopic (exact) mass is 413 g/mol. The Morgan fingerprint density at radius 2 is 1.93 bits per heavy atom. The number of carbonyl (C=O) groups is 1. The molecule has 0 atom stereocenters. The normalized spacial score (nSPS) is 11.1. The van der Waals surface area contributed by atoms with Crippen molar-refractivity contribution in [2.45, 2.75) is 13.1 Å². The molecule has 5 rings (SSSR count). The maximum Gasteiger partial charge on any atom is 0.261 e. The summed E-state index contributed by atoms with van der Waals surface area (Å²) in [4.78, 5) is 18.6. The van der Waals surface area contributed by atoms with E-state index in [0.29, 0.717) is 11.4 Å². The highest BCUT2D eigenvalue weighted by molar-refractivity contribution is 7.17. The average molecular weight is 414 g/mol. The van der Waals surface area contributed by atoms with E-state index in [0.717, 1.165) is 28.2 Å². The number of nitrogens with zero attached hydrogens (tertiary/aromatic N) is 4. The van der Waals surface area contributed by atoms with E-state index < -0.39 is 0 Å².